The lowest BCUT2D eigenvalue weighted by Crippen LogP contribution is -2.15. The van der Waals surface area contributed by atoms with Gasteiger partial charge in [0.25, 0.3) is 0 Å². The zero-order valence-corrected chi connectivity index (χ0v) is 12.9. The van der Waals surface area contributed by atoms with Crippen LogP contribution in [0, 0.1) is 6.92 Å². The minimum Gasteiger partial charge on any atom is -0.484 e. The van der Waals surface area contributed by atoms with E-state index < -0.39 is 0 Å². The van der Waals surface area contributed by atoms with Crippen LogP contribution in [0.3, 0.4) is 0 Å². The molecule has 0 atom stereocenters. The molecule has 0 bridgehead atoms. The predicted molar refractivity (Wildman–Crippen MR) is 79.6 cm³/mol. The Morgan fingerprint density at radius 3 is 3.00 bits per heavy atom. The molecule has 0 spiro atoms. The standard InChI is InChI=1S/C15H17BrN2O2/c1-10-11(6-18-13-2-3-13)4-15(20-10)9-19-14-5-12(16)7-17-8-14/h4-5,7-8,13,18H,2-3,6,9H2,1H3. The first-order valence-corrected chi connectivity index (χ1v) is 7.55. The van der Waals surface area contributed by atoms with Crippen LogP contribution in [0.1, 0.15) is 29.9 Å². The molecule has 0 saturated heterocycles. The molecule has 0 amide bonds. The minimum absolute atomic E-state index is 0.419. The number of pyridine rings is 1. The summed E-state index contributed by atoms with van der Waals surface area (Å²) < 4.78 is 12.3. The summed E-state index contributed by atoms with van der Waals surface area (Å²) in [5, 5.41) is 3.49. The second-order valence-electron chi connectivity index (χ2n) is 5.08. The summed E-state index contributed by atoms with van der Waals surface area (Å²) in [5.41, 5.74) is 1.21. The number of halogens is 1. The molecule has 0 radical (unpaired) electrons. The van der Waals surface area contributed by atoms with Crippen LogP contribution >= 0.6 is 15.9 Å². The topological polar surface area (TPSA) is 47.3 Å². The zero-order chi connectivity index (χ0) is 13.9. The lowest BCUT2D eigenvalue weighted by molar-refractivity contribution is 0.266. The molecule has 1 saturated carbocycles. The molecule has 1 aliphatic carbocycles. The fourth-order valence-electron chi connectivity index (χ4n) is 2.00. The van der Waals surface area contributed by atoms with Crippen molar-refractivity contribution in [3.63, 3.8) is 0 Å². The van der Waals surface area contributed by atoms with Gasteiger partial charge >= 0.3 is 0 Å². The SMILES string of the molecule is Cc1oc(COc2cncc(Br)c2)cc1CNC1CC1. The van der Waals surface area contributed by atoms with Crippen molar-refractivity contribution in [3.8, 4) is 5.75 Å². The van der Waals surface area contributed by atoms with E-state index in [9.17, 15) is 0 Å². The maximum absolute atomic E-state index is 5.72. The molecular formula is C15H17BrN2O2. The molecule has 3 rings (SSSR count). The Morgan fingerprint density at radius 1 is 1.40 bits per heavy atom. The molecule has 1 fully saturated rings. The van der Waals surface area contributed by atoms with E-state index in [0.29, 0.717) is 12.6 Å². The van der Waals surface area contributed by atoms with Crippen LogP contribution < -0.4 is 10.1 Å². The largest absolute Gasteiger partial charge is 0.484 e. The normalized spacial score (nSPS) is 14.5. The molecule has 2 aromatic heterocycles. The van der Waals surface area contributed by atoms with Crippen LogP contribution in [-0.4, -0.2) is 11.0 Å². The first-order valence-electron chi connectivity index (χ1n) is 6.75. The number of hydrogen-bond acceptors (Lipinski definition) is 4. The van der Waals surface area contributed by atoms with Crippen LogP contribution in [0.4, 0.5) is 0 Å². The Kier molecular flexibility index (Phi) is 4.08. The second-order valence-corrected chi connectivity index (χ2v) is 5.99. The number of ether oxygens (including phenoxy) is 1. The van der Waals surface area contributed by atoms with Crippen molar-refractivity contribution in [1.29, 1.82) is 0 Å². The first kappa shape index (κ1) is 13.6. The molecule has 2 heterocycles. The fourth-order valence-corrected chi connectivity index (χ4v) is 2.35. The molecule has 0 aliphatic heterocycles. The molecule has 0 aromatic carbocycles. The molecule has 20 heavy (non-hydrogen) atoms. The van der Waals surface area contributed by atoms with Crippen molar-refractivity contribution < 1.29 is 9.15 Å². The highest BCUT2D eigenvalue weighted by molar-refractivity contribution is 9.10. The zero-order valence-electron chi connectivity index (χ0n) is 11.4. The summed E-state index contributed by atoms with van der Waals surface area (Å²) in [7, 11) is 0. The van der Waals surface area contributed by atoms with E-state index in [4.69, 9.17) is 9.15 Å². The molecule has 106 valence electrons. The lowest BCUT2D eigenvalue weighted by atomic mass is 10.2. The van der Waals surface area contributed by atoms with Gasteiger partial charge < -0.3 is 14.5 Å². The predicted octanol–water partition coefficient (Wildman–Crippen LogP) is 3.58. The Morgan fingerprint density at radius 2 is 2.25 bits per heavy atom. The second kappa shape index (κ2) is 5.97. The Hall–Kier alpha value is -1.33. The van der Waals surface area contributed by atoms with Gasteiger partial charge in [0, 0.05) is 28.8 Å². The van der Waals surface area contributed by atoms with Gasteiger partial charge in [0.2, 0.25) is 0 Å². The van der Waals surface area contributed by atoms with Gasteiger partial charge in [0.05, 0.1) is 6.20 Å². The van der Waals surface area contributed by atoms with E-state index in [0.717, 1.165) is 28.3 Å². The molecule has 0 unspecified atom stereocenters. The third kappa shape index (κ3) is 3.61. The molecule has 5 heteroatoms. The van der Waals surface area contributed by atoms with Crippen molar-refractivity contribution in [1.82, 2.24) is 10.3 Å². The highest BCUT2D eigenvalue weighted by Crippen LogP contribution is 2.22. The van der Waals surface area contributed by atoms with Gasteiger partial charge in [-0.25, -0.2) is 0 Å². The van der Waals surface area contributed by atoms with E-state index in [1.54, 1.807) is 12.4 Å². The van der Waals surface area contributed by atoms with Crippen LogP contribution in [0.15, 0.2) is 33.4 Å². The van der Waals surface area contributed by atoms with Crippen molar-refractivity contribution in [2.75, 3.05) is 0 Å². The lowest BCUT2D eigenvalue weighted by Gasteiger charge is -2.03. The number of hydrogen-bond donors (Lipinski definition) is 1. The Bertz CT molecular complexity index is 593. The molecule has 4 nitrogen and oxygen atoms in total. The van der Waals surface area contributed by atoms with Gasteiger partial charge in [-0.05, 0) is 47.8 Å². The van der Waals surface area contributed by atoms with E-state index in [1.165, 1.54) is 18.4 Å². The average Bonchev–Trinajstić information content (AvgIpc) is 3.18. The highest BCUT2D eigenvalue weighted by Gasteiger charge is 2.20. The van der Waals surface area contributed by atoms with E-state index in [2.05, 4.69) is 32.3 Å². The molecular weight excluding hydrogens is 320 g/mol. The van der Waals surface area contributed by atoms with E-state index in [1.807, 2.05) is 13.0 Å². The maximum Gasteiger partial charge on any atom is 0.146 e. The summed E-state index contributed by atoms with van der Waals surface area (Å²) in [4.78, 5) is 4.06. The van der Waals surface area contributed by atoms with Gasteiger partial charge in [-0.2, -0.15) is 0 Å². The van der Waals surface area contributed by atoms with E-state index >= 15 is 0 Å². The fraction of sp³-hybridized carbons (Fsp3) is 0.400. The van der Waals surface area contributed by atoms with Crippen molar-refractivity contribution in [2.24, 2.45) is 0 Å². The number of aromatic nitrogens is 1. The number of aryl methyl sites for hydroxylation is 1. The number of rotatable bonds is 6. The van der Waals surface area contributed by atoms with Crippen LogP contribution in [0.25, 0.3) is 0 Å². The summed E-state index contributed by atoms with van der Waals surface area (Å²) >= 11 is 3.37. The third-order valence-corrected chi connectivity index (χ3v) is 3.72. The number of nitrogens with one attached hydrogen (secondary N) is 1. The molecule has 1 N–H and O–H groups in total. The van der Waals surface area contributed by atoms with Gasteiger partial charge in [0.1, 0.15) is 23.9 Å². The van der Waals surface area contributed by atoms with Crippen molar-refractivity contribution >= 4 is 15.9 Å². The Balaban J connectivity index is 1.58. The smallest absolute Gasteiger partial charge is 0.146 e. The first-order chi connectivity index (χ1) is 9.70. The summed E-state index contributed by atoms with van der Waals surface area (Å²) in [6.07, 6.45) is 6.01. The van der Waals surface area contributed by atoms with Gasteiger partial charge in [-0.3, -0.25) is 4.98 Å². The van der Waals surface area contributed by atoms with Crippen molar-refractivity contribution in [3.05, 3.63) is 46.1 Å². The maximum atomic E-state index is 5.72. The monoisotopic (exact) mass is 336 g/mol. The quantitative estimate of drug-likeness (QED) is 0.875. The minimum atomic E-state index is 0.419. The van der Waals surface area contributed by atoms with Crippen LogP contribution in [0.5, 0.6) is 5.75 Å². The highest BCUT2D eigenvalue weighted by atomic mass is 79.9. The number of nitrogens with zero attached hydrogens (tertiary/aromatic N) is 1. The van der Waals surface area contributed by atoms with E-state index in [-0.39, 0.29) is 0 Å². The summed E-state index contributed by atoms with van der Waals surface area (Å²) in [5.74, 6) is 2.53. The molecule has 2 aromatic rings. The van der Waals surface area contributed by atoms with Crippen LogP contribution in [0.2, 0.25) is 0 Å². The van der Waals surface area contributed by atoms with Gasteiger partial charge in [-0.15, -0.1) is 0 Å². The van der Waals surface area contributed by atoms with Crippen LogP contribution in [-0.2, 0) is 13.2 Å². The summed E-state index contributed by atoms with van der Waals surface area (Å²) in [6.45, 7) is 3.29. The summed E-state index contributed by atoms with van der Waals surface area (Å²) in [6, 6.07) is 4.66. The van der Waals surface area contributed by atoms with Gasteiger partial charge in [0.15, 0.2) is 0 Å². The van der Waals surface area contributed by atoms with Gasteiger partial charge in [-0.1, -0.05) is 0 Å². The molecule has 1 aliphatic rings. The number of furan rings is 1. The average molecular weight is 337 g/mol. The Labute approximate surface area is 126 Å². The third-order valence-electron chi connectivity index (χ3n) is 3.29. The van der Waals surface area contributed by atoms with Crippen molar-refractivity contribution in [2.45, 2.75) is 39.0 Å².